The fourth-order valence-corrected chi connectivity index (χ4v) is 3.30. The van der Waals surface area contributed by atoms with Crippen molar-refractivity contribution in [1.29, 1.82) is 0 Å². The van der Waals surface area contributed by atoms with Gasteiger partial charge in [0.15, 0.2) is 0 Å². The van der Waals surface area contributed by atoms with Gasteiger partial charge < -0.3 is 4.90 Å². The summed E-state index contributed by atoms with van der Waals surface area (Å²) < 4.78 is 0. The van der Waals surface area contributed by atoms with E-state index in [1.54, 1.807) is 12.4 Å². The topological polar surface area (TPSA) is 71.9 Å². The van der Waals surface area contributed by atoms with Gasteiger partial charge in [-0.2, -0.15) is 0 Å². The van der Waals surface area contributed by atoms with E-state index in [-0.39, 0.29) is 5.91 Å². The van der Waals surface area contributed by atoms with Crippen LogP contribution in [0.4, 0.5) is 0 Å². The molecule has 3 aromatic rings. The summed E-state index contributed by atoms with van der Waals surface area (Å²) in [6.45, 7) is 3.32. The molecule has 1 aliphatic rings. The molecule has 1 aromatic carbocycles. The van der Waals surface area contributed by atoms with Gasteiger partial charge in [-0.05, 0) is 38.0 Å². The Balaban J connectivity index is 1.47. The average Bonchev–Trinajstić information content (AvgIpc) is 2.67. The van der Waals surface area contributed by atoms with Crippen molar-refractivity contribution < 1.29 is 4.79 Å². The monoisotopic (exact) mass is 333 g/mol. The zero-order valence-corrected chi connectivity index (χ0v) is 14.1. The van der Waals surface area contributed by atoms with Crippen LogP contribution < -0.4 is 0 Å². The third kappa shape index (κ3) is 3.20. The minimum absolute atomic E-state index is 0.0458. The molecular weight excluding hydrogens is 314 g/mol. The molecule has 6 nitrogen and oxygen atoms in total. The Labute approximate surface area is 146 Å². The van der Waals surface area contributed by atoms with Crippen molar-refractivity contribution in [3.8, 4) is 0 Å². The molecule has 3 heterocycles. The molecule has 126 valence electrons. The highest BCUT2D eigenvalue weighted by Gasteiger charge is 2.26. The predicted molar refractivity (Wildman–Crippen MR) is 94.2 cm³/mol. The molecule has 1 amide bonds. The third-order valence-corrected chi connectivity index (χ3v) is 4.67. The van der Waals surface area contributed by atoms with E-state index in [2.05, 4.69) is 19.9 Å². The van der Waals surface area contributed by atoms with Crippen LogP contribution in [0.1, 0.15) is 40.8 Å². The summed E-state index contributed by atoms with van der Waals surface area (Å²) in [7, 11) is 0. The fourth-order valence-electron chi connectivity index (χ4n) is 3.30. The molecule has 1 aliphatic heterocycles. The number of carbonyl (C=O) groups is 1. The summed E-state index contributed by atoms with van der Waals surface area (Å²) in [4.78, 5) is 32.1. The number of nitrogens with zero attached hydrogens (tertiary/aromatic N) is 5. The first-order chi connectivity index (χ1) is 12.2. The lowest BCUT2D eigenvalue weighted by Gasteiger charge is -2.31. The van der Waals surface area contributed by atoms with Gasteiger partial charge in [-0.3, -0.25) is 9.78 Å². The zero-order valence-electron chi connectivity index (χ0n) is 14.1. The SMILES string of the molecule is Cc1nccc(C2CCN(C(=O)c3cnc4ccccc4n3)CC2)n1. The lowest BCUT2D eigenvalue weighted by Crippen LogP contribution is -2.38. The van der Waals surface area contributed by atoms with Crippen LogP contribution in [0.2, 0.25) is 0 Å². The number of piperidine rings is 1. The first-order valence-electron chi connectivity index (χ1n) is 8.51. The lowest BCUT2D eigenvalue weighted by atomic mass is 9.93. The van der Waals surface area contributed by atoms with Crippen LogP contribution in [0.15, 0.2) is 42.7 Å². The standard InChI is InChI=1S/C19H19N5O/c1-13-20-9-6-15(22-13)14-7-10-24(11-8-14)19(25)18-12-21-16-4-2-3-5-17(16)23-18/h2-6,9,12,14H,7-8,10-11H2,1H3. The molecule has 2 aromatic heterocycles. The predicted octanol–water partition coefficient (Wildman–Crippen LogP) is 2.75. The van der Waals surface area contributed by atoms with E-state index in [9.17, 15) is 4.79 Å². The number of benzene rings is 1. The van der Waals surface area contributed by atoms with Crippen molar-refractivity contribution in [3.63, 3.8) is 0 Å². The maximum atomic E-state index is 12.7. The number of fused-ring (bicyclic) bond motifs is 1. The minimum atomic E-state index is -0.0458. The van der Waals surface area contributed by atoms with Gasteiger partial charge >= 0.3 is 0 Å². The van der Waals surface area contributed by atoms with Crippen molar-refractivity contribution >= 4 is 16.9 Å². The molecule has 0 unspecified atom stereocenters. The number of rotatable bonds is 2. The number of likely N-dealkylation sites (tertiary alicyclic amines) is 1. The highest BCUT2D eigenvalue weighted by atomic mass is 16.2. The Kier molecular flexibility index (Phi) is 4.09. The van der Waals surface area contributed by atoms with Crippen molar-refractivity contribution in [3.05, 3.63) is 59.9 Å². The molecule has 0 bridgehead atoms. The summed E-state index contributed by atoms with van der Waals surface area (Å²) in [6.07, 6.45) is 5.19. The van der Waals surface area contributed by atoms with Gasteiger partial charge in [-0.25, -0.2) is 15.0 Å². The van der Waals surface area contributed by atoms with Crippen molar-refractivity contribution in [1.82, 2.24) is 24.8 Å². The van der Waals surface area contributed by atoms with Crippen LogP contribution in [0, 0.1) is 6.92 Å². The summed E-state index contributed by atoms with van der Waals surface area (Å²) >= 11 is 0. The molecule has 1 saturated heterocycles. The molecule has 0 N–H and O–H groups in total. The van der Waals surface area contributed by atoms with Crippen LogP contribution in [0.25, 0.3) is 11.0 Å². The van der Waals surface area contributed by atoms with Gasteiger partial charge in [-0.1, -0.05) is 12.1 Å². The van der Waals surface area contributed by atoms with Crippen molar-refractivity contribution in [2.75, 3.05) is 13.1 Å². The number of carbonyl (C=O) groups excluding carboxylic acids is 1. The van der Waals surface area contributed by atoms with Gasteiger partial charge in [0.2, 0.25) is 0 Å². The van der Waals surface area contributed by atoms with E-state index in [1.165, 1.54) is 0 Å². The van der Waals surface area contributed by atoms with Crippen LogP contribution in [0.5, 0.6) is 0 Å². The van der Waals surface area contributed by atoms with E-state index in [0.717, 1.165) is 35.4 Å². The molecule has 4 rings (SSSR count). The van der Waals surface area contributed by atoms with Crippen LogP contribution in [0.3, 0.4) is 0 Å². The molecule has 25 heavy (non-hydrogen) atoms. The molecular formula is C19H19N5O. The lowest BCUT2D eigenvalue weighted by molar-refractivity contribution is 0.0706. The van der Waals surface area contributed by atoms with E-state index in [4.69, 9.17) is 0 Å². The molecule has 0 radical (unpaired) electrons. The number of hydrogen-bond donors (Lipinski definition) is 0. The Hall–Kier alpha value is -2.89. The van der Waals surface area contributed by atoms with E-state index < -0.39 is 0 Å². The number of para-hydroxylation sites is 2. The first kappa shape index (κ1) is 15.6. The second-order valence-corrected chi connectivity index (χ2v) is 6.34. The molecule has 0 saturated carbocycles. The summed E-state index contributed by atoms with van der Waals surface area (Å²) in [6, 6.07) is 9.57. The largest absolute Gasteiger partial charge is 0.337 e. The first-order valence-corrected chi connectivity index (χ1v) is 8.51. The second-order valence-electron chi connectivity index (χ2n) is 6.34. The normalized spacial score (nSPS) is 15.5. The smallest absolute Gasteiger partial charge is 0.274 e. The Morgan fingerprint density at radius 1 is 1.04 bits per heavy atom. The number of hydrogen-bond acceptors (Lipinski definition) is 5. The van der Waals surface area contributed by atoms with Crippen LogP contribution in [-0.2, 0) is 0 Å². The van der Waals surface area contributed by atoms with Gasteiger partial charge in [0.1, 0.15) is 11.5 Å². The fraction of sp³-hybridized carbons (Fsp3) is 0.316. The van der Waals surface area contributed by atoms with Crippen molar-refractivity contribution in [2.45, 2.75) is 25.7 Å². The second kappa shape index (κ2) is 6.55. The molecule has 0 spiro atoms. The maximum Gasteiger partial charge on any atom is 0.274 e. The number of aromatic nitrogens is 4. The Morgan fingerprint density at radius 3 is 2.56 bits per heavy atom. The molecule has 0 aliphatic carbocycles. The van der Waals surface area contributed by atoms with Gasteiger partial charge in [0.25, 0.3) is 5.91 Å². The molecule has 0 atom stereocenters. The maximum absolute atomic E-state index is 12.7. The van der Waals surface area contributed by atoms with E-state index in [0.29, 0.717) is 24.7 Å². The highest BCUT2D eigenvalue weighted by Crippen LogP contribution is 2.27. The van der Waals surface area contributed by atoms with E-state index >= 15 is 0 Å². The van der Waals surface area contributed by atoms with Gasteiger partial charge in [0, 0.05) is 30.9 Å². The molecule has 1 fully saturated rings. The van der Waals surface area contributed by atoms with E-state index in [1.807, 2.05) is 42.2 Å². The van der Waals surface area contributed by atoms with Crippen LogP contribution >= 0.6 is 0 Å². The summed E-state index contributed by atoms with van der Waals surface area (Å²) in [5, 5.41) is 0. The summed E-state index contributed by atoms with van der Waals surface area (Å²) in [5.74, 6) is 1.13. The molecule has 6 heteroatoms. The number of aryl methyl sites for hydroxylation is 1. The Bertz CT molecular complexity index is 918. The third-order valence-electron chi connectivity index (χ3n) is 4.67. The van der Waals surface area contributed by atoms with Crippen LogP contribution in [-0.4, -0.2) is 43.8 Å². The minimum Gasteiger partial charge on any atom is -0.337 e. The van der Waals surface area contributed by atoms with Crippen molar-refractivity contribution in [2.24, 2.45) is 0 Å². The number of amides is 1. The summed E-state index contributed by atoms with van der Waals surface area (Å²) in [5.41, 5.74) is 3.04. The average molecular weight is 333 g/mol. The Morgan fingerprint density at radius 2 is 1.80 bits per heavy atom. The van der Waals surface area contributed by atoms with Gasteiger partial charge in [-0.15, -0.1) is 0 Å². The van der Waals surface area contributed by atoms with Gasteiger partial charge in [0.05, 0.1) is 17.2 Å². The quantitative estimate of drug-likeness (QED) is 0.721. The zero-order chi connectivity index (χ0) is 17.2. The highest BCUT2D eigenvalue weighted by molar-refractivity contribution is 5.93.